The van der Waals surface area contributed by atoms with Gasteiger partial charge in [-0.3, -0.25) is 9.00 Å². The van der Waals surface area contributed by atoms with Gasteiger partial charge in [0.2, 0.25) is 5.91 Å². The average molecular weight is 251 g/mol. The van der Waals surface area contributed by atoms with Gasteiger partial charge in [0.05, 0.1) is 11.4 Å². The molecule has 6 heteroatoms. The number of aryl methyl sites for hydroxylation is 1. The van der Waals surface area contributed by atoms with Crippen LogP contribution in [0.4, 0.5) is 11.5 Å². The lowest BCUT2D eigenvalue weighted by molar-refractivity contribution is -0.117. The van der Waals surface area contributed by atoms with Gasteiger partial charge in [0.25, 0.3) is 0 Å². The van der Waals surface area contributed by atoms with Gasteiger partial charge in [-0.25, -0.2) is 4.98 Å². The summed E-state index contributed by atoms with van der Waals surface area (Å²) in [6.45, 7) is 2.56. The third kappa shape index (κ3) is 1.72. The highest BCUT2D eigenvalue weighted by Crippen LogP contribution is 2.31. The van der Waals surface area contributed by atoms with Gasteiger partial charge >= 0.3 is 0 Å². The number of nitrogens with zero attached hydrogens (tertiary/aromatic N) is 2. The highest BCUT2D eigenvalue weighted by molar-refractivity contribution is 7.85. The molecule has 1 aromatic rings. The molecule has 0 bridgehead atoms. The predicted molar refractivity (Wildman–Crippen MR) is 66.6 cm³/mol. The number of anilines is 2. The molecule has 2 atom stereocenters. The monoisotopic (exact) mass is 251 g/mol. The van der Waals surface area contributed by atoms with Crippen LogP contribution in [-0.4, -0.2) is 39.2 Å². The van der Waals surface area contributed by atoms with Crippen LogP contribution < -0.4 is 10.2 Å². The molecule has 1 aromatic heterocycles. The first-order valence-corrected chi connectivity index (χ1v) is 7.04. The van der Waals surface area contributed by atoms with Crippen molar-refractivity contribution in [2.75, 3.05) is 28.3 Å². The normalized spacial score (nSPS) is 27.1. The Morgan fingerprint density at radius 3 is 3.18 bits per heavy atom. The van der Waals surface area contributed by atoms with Crippen molar-refractivity contribution in [3.05, 3.63) is 17.8 Å². The molecule has 0 radical (unpaired) electrons. The van der Waals surface area contributed by atoms with E-state index in [-0.39, 0.29) is 11.9 Å². The second-order valence-electron chi connectivity index (χ2n) is 4.33. The Labute approximate surface area is 102 Å². The molecule has 2 aliphatic heterocycles. The van der Waals surface area contributed by atoms with E-state index in [4.69, 9.17) is 0 Å². The van der Waals surface area contributed by atoms with Crippen LogP contribution in [0, 0.1) is 6.92 Å². The molecule has 1 fully saturated rings. The van der Waals surface area contributed by atoms with Crippen molar-refractivity contribution < 1.29 is 9.00 Å². The van der Waals surface area contributed by atoms with Gasteiger partial charge in [-0.1, -0.05) is 0 Å². The molecule has 0 saturated carbocycles. The number of hydrogen-bond acceptors (Lipinski definition) is 4. The quantitative estimate of drug-likeness (QED) is 0.719. The predicted octanol–water partition coefficient (Wildman–Crippen LogP) is 0.279. The average Bonchev–Trinajstić information content (AvgIpc) is 2.30. The minimum atomic E-state index is -0.892. The summed E-state index contributed by atoms with van der Waals surface area (Å²) in [4.78, 5) is 18.4. The van der Waals surface area contributed by atoms with E-state index in [1.807, 2.05) is 24.0 Å². The number of hydrogen-bond donors (Lipinski definition) is 1. The fourth-order valence-electron chi connectivity index (χ4n) is 2.25. The van der Waals surface area contributed by atoms with Gasteiger partial charge in [0, 0.05) is 28.8 Å². The van der Waals surface area contributed by atoms with E-state index >= 15 is 0 Å². The first-order chi connectivity index (χ1) is 8.15. The summed E-state index contributed by atoms with van der Waals surface area (Å²) in [7, 11) is -0.892. The molecule has 2 aliphatic rings. The Kier molecular flexibility index (Phi) is 2.39. The Morgan fingerprint density at radius 1 is 1.53 bits per heavy atom. The standard InChI is InChI=1S/C11H13N3O2S/c1-7-2-3-8-10(12-7)14-4-5-17(16)6-9(14)11(15)13-8/h2-3,9H,4-6H2,1H3,(H,13,15). The number of rotatable bonds is 0. The van der Waals surface area contributed by atoms with Crippen LogP contribution in [-0.2, 0) is 15.6 Å². The van der Waals surface area contributed by atoms with E-state index in [1.54, 1.807) is 0 Å². The SMILES string of the molecule is Cc1ccc2c(n1)N1CCS(=O)CC1C(=O)N2. The van der Waals surface area contributed by atoms with Crippen LogP contribution in [0.15, 0.2) is 12.1 Å². The van der Waals surface area contributed by atoms with Crippen molar-refractivity contribution in [3.63, 3.8) is 0 Å². The van der Waals surface area contributed by atoms with Gasteiger partial charge in [-0.15, -0.1) is 0 Å². The van der Waals surface area contributed by atoms with E-state index in [0.717, 1.165) is 17.2 Å². The van der Waals surface area contributed by atoms with Crippen molar-refractivity contribution >= 4 is 28.2 Å². The van der Waals surface area contributed by atoms with E-state index in [2.05, 4.69) is 10.3 Å². The molecule has 3 heterocycles. The molecule has 2 unspecified atom stereocenters. The molecule has 5 nitrogen and oxygen atoms in total. The second kappa shape index (κ2) is 3.80. The lowest BCUT2D eigenvalue weighted by atomic mass is 10.1. The van der Waals surface area contributed by atoms with E-state index in [1.165, 1.54) is 0 Å². The minimum absolute atomic E-state index is 0.0730. The second-order valence-corrected chi connectivity index (χ2v) is 5.95. The summed E-state index contributed by atoms with van der Waals surface area (Å²) >= 11 is 0. The molecule has 0 aromatic carbocycles. The summed E-state index contributed by atoms with van der Waals surface area (Å²) < 4.78 is 11.5. The number of carbonyl (C=O) groups excluding carboxylic acids is 1. The highest BCUT2D eigenvalue weighted by atomic mass is 32.2. The molecular weight excluding hydrogens is 238 g/mol. The van der Waals surface area contributed by atoms with Crippen molar-refractivity contribution in [2.45, 2.75) is 13.0 Å². The molecule has 0 aliphatic carbocycles. The smallest absolute Gasteiger partial charge is 0.248 e. The van der Waals surface area contributed by atoms with Crippen molar-refractivity contribution in [1.29, 1.82) is 0 Å². The summed E-state index contributed by atoms with van der Waals surface area (Å²) in [5.41, 5.74) is 1.68. The maximum Gasteiger partial charge on any atom is 0.248 e. The fraction of sp³-hybridized carbons (Fsp3) is 0.455. The van der Waals surface area contributed by atoms with E-state index in [9.17, 15) is 9.00 Å². The topological polar surface area (TPSA) is 62.3 Å². The Bertz CT molecular complexity index is 517. The number of carbonyl (C=O) groups is 1. The van der Waals surface area contributed by atoms with Crippen molar-refractivity contribution in [1.82, 2.24) is 4.98 Å². The lowest BCUT2D eigenvalue weighted by Crippen LogP contribution is -2.56. The summed E-state index contributed by atoms with van der Waals surface area (Å²) in [5, 5.41) is 2.83. The van der Waals surface area contributed by atoms with Crippen molar-refractivity contribution in [3.8, 4) is 0 Å². The zero-order valence-corrected chi connectivity index (χ0v) is 10.3. The van der Waals surface area contributed by atoms with Crippen molar-refractivity contribution in [2.24, 2.45) is 0 Å². The zero-order valence-electron chi connectivity index (χ0n) is 9.47. The summed E-state index contributed by atoms with van der Waals surface area (Å²) in [5.74, 6) is 1.75. The summed E-state index contributed by atoms with van der Waals surface area (Å²) in [6, 6.07) is 3.42. The van der Waals surface area contributed by atoms with E-state index < -0.39 is 10.8 Å². The van der Waals surface area contributed by atoms with Gasteiger partial charge in [0.1, 0.15) is 6.04 Å². The Hall–Kier alpha value is -1.43. The largest absolute Gasteiger partial charge is 0.341 e. The third-order valence-corrected chi connectivity index (χ3v) is 4.45. The molecule has 1 saturated heterocycles. The van der Waals surface area contributed by atoms with Gasteiger partial charge in [0.15, 0.2) is 5.82 Å². The highest BCUT2D eigenvalue weighted by Gasteiger charge is 2.37. The van der Waals surface area contributed by atoms with Gasteiger partial charge in [-0.2, -0.15) is 0 Å². The number of amides is 1. The van der Waals surface area contributed by atoms with Gasteiger partial charge < -0.3 is 10.2 Å². The van der Waals surface area contributed by atoms with Crippen LogP contribution in [0.5, 0.6) is 0 Å². The van der Waals surface area contributed by atoms with E-state index in [0.29, 0.717) is 18.1 Å². The number of pyridine rings is 1. The maximum absolute atomic E-state index is 11.9. The fourth-order valence-corrected chi connectivity index (χ4v) is 3.50. The molecule has 1 N–H and O–H groups in total. The summed E-state index contributed by atoms with van der Waals surface area (Å²) in [6.07, 6.45) is 0. The van der Waals surface area contributed by atoms with Crippen LogP contribution in [0.3, 0.4) is 0 Å². The number of aromatic nitrogens is 1. The molecule has 90 valence electrons. The molecule has 17 heavy (non-hydrogen) atoms. The third-order valence-electron chi connectivity index (χ3n) is 3.13. The number of nitrogens with one attached hydrogen (secondary N) is 1. The van der Waals surface area contributed by atoms with Crippen LogP contribution in [0.25, 0.3) is 0 Å². The minimum Gasteiger partial charge on any atom is -0.341 e. The molecule has 1 amide bonds. The van der Waals surface area contributed by atoms with Gasteiger partial charge in [-0.05, 0) is 19.1 Å². The lowest BCUT2D eigenvalue weighted by Gasteiger charge is -2.39. The first kappa shape index (κ1) is 10.7. The maximum atomic E-state index is 11.9. The molecule has 3 rings (SSSR count). The zero-order chi connectivity index (χ0) is 12.0. The van der Waals surface area contributed by atoms with Crippen LogP contribution in [0.1, 0.15) is 5.69 Å². The molecule has 0 spiro atoms. The Morgan fingerprint density at radius 2 is 2.35 bits per heavy atom. The van der Waals surface area contributed by atoms with Crippen LogP contribution in [0.2, 0.25) is 0 Å². The number of fused-ring (bicyclic) bond motifs is 3. The van der Waals surface area contributed by atoms with Crippen LogP contribution >= 0.6 is 0 Å². The Balaban J connectivity index is 2.06. The molecular formula is C11H13N3O2S. The first-order valence-electron chi connectivity index (χ1n) is 5.55.